The van der Waals surface area contributed by atoms with Crippen LogP contribution in [0, 0.1) is 5.82 Å². The molecule has 2 aromatic rings. The first-order chi connectivity index (χ1) is 12.3. The second kappa shape index (κ2) is 10.4. The van der Waals surface area contributed by atoms with E-state index in [1.54, 1.807) is 19.2 Å². The highest BCUT2D eigenvalue weighted by Crippen LogP contribution is 2.32. The highest BCUT2D eigenvalue weighted by molar-refractivity contribution is 14.0. The third-order valence-corrected chi connectivity index (χ3v) is 4.42. The first-order valence-corrected chi connectivity index (χ1v) is 8.67. The van der Waals surface area contributed by atoms with Crippen LogP contribution in [0.15, 0.2) is 53.5 Å². The van der Waals surface area contributed by atoms with Crippen LogP contribution < -0.4 is 15.4 Å². The number of halogens is 2. The number of nitrogens with one attached hydrogen (secondary N) is 2. The number of ether oxygens (including phenoxy) is 1. The van der Waals surface area contributed by atoms with Gasteiger partial charge in [0.1, 0.15) is 11.6 Å². The Morgan fingerprint density at radius 2 is 2.04 bits per heavy atom. The Balaban J connectivity index is 0.00000243. The van der Waals surface area contributed by atoms with Crippen molar-refractivity contribution in [2.45, 2.75) is 18.8 Å². The quantitative estimate of drug-likeness (QED) is 0.399. The van der Waals surface area contributed by atoms with Crippen LogP contribution in [0.2, 0.25) is 0 Å². The number of nitrogens with zero attached hydrogens (tertiary/aromatic N) is 1. The molecule has 0 spiro atoms. The lowest BCUT2D eigenvalue weighted by atomic mass is 9.93. The van der Waals surface area contributed by atoms with Crippen LogP contribution in [-0.2, 0) is 6.42 Å². The van der Waals surface area contributed by atoms with E-state index in [4.69, 9.17) is 4.74 Å². The van der Waals surface area contributed by atoms with E-state index in [2.05, 4.69) is 21.7 Å². The summed E-state index contributed by atoms with van der Waals surface area (Å²) in [7, 11) is 1.76. The summed E-state index contributed by atoms with van der Waals surface area (Å²) in [4.78, 5) is 4.27. The summed E-state index contributed by atoms with van der Waals surface area (Å²) >= 11 is 0. The average Bonchev–Trinajstić information content (AvgIpc) is 2.64. The van der Waals surface area contributed by atoms with E-state index in [9.17, 15) is 4.39 Å². The maximum absolute atomic E-state index is 13.2. The van der Waals surface area contributed by atoms with Crippen LogP contribution in [0.4, 0.5) is 4.39 Å². The van der Waals surface area contributed by atoms with Gasteiger partial charge in [0, 0.05) is 26.1 Å². The van der Waals surface area contributed by atoms with Crippen molar-refractivity contribution in [3.8, 4) is 5.75 Å². The predicted octanol–water partition coefficient (Wildman–Crippen LogP) is 3.72. The minimum atomic E-state index is -0.196. The fraction of sp³-hybridized carbons (Fsp3) is 0.350. The van der Waals surface area contributed by atoms with E-state index in [-0.39, 0.29) is 29.8 Å². The van der Waals surface area contributed by atoms with Crippen molar-refractivity contribution < 1.29 is 9.13 Å². The molecule has 4 nitrogen and oxygen atoms in total. The van der Waals surface area contributed by atoms with E-state index >= 15 is 0 Å². The number of hydrogen-bond acceptors (Lipinski definition) is 2. The summed E-state index contributed by atoms with van der Waals surface area (Å²) in [5.41, 5.74) is 2.22. The summed E-state index contributed by atoms with van der Waals surface area (Å²) < 4.78 is 18.9. The highest BCUT2D eigenvalue weighted by Gasteiger charge is 2.20. The molecule has 1 atom stereocenters. The lowest BCUT2D eigenvalue weighted by molar-refractivity contribution is 0.267. The van der Waals surface area contributed by atoms with Gasteiger partial charge in [0.15, 0.2) is 5.96 Å². The van der Waals surface area contributed by atoms with Crippen LogP contribution in [-0.4, -0.2) is 32.7 Å². The molecule has 1 aliphatic heterocycles. The van der Waals surface area contributed by atoms with Gasteiger partial charge >= 0.3 is 0 Å². The molecule has 6 heteroatoms. The highest BCUT2D eigenvalue weighted by atomic mass is 127. The van der Waals surface area contributed by atoms with Crippen LogP contribution in [0.5, 0.6) is 5.75 Å². The molecule has 0 aromatic heterocycles. The summed E-state index contributed by atoms with van der Waals surface area (Å²) in [6.45, 7) is 2.25. The molecule has 0 fully saturated rings. The molecule has 1 heterocycles. The van der Waals surface area contributed by atoms with E-state index in [1.807, 2.05) is 24.3 Å². The van der Waals surface area contributed by atoms with Crippen molar-refractivity contribution in [3.63, 3.8) is 0 Å². The Hall–Kier alpha value is -1.83. The number of benzene rings is 2. The number of fused-ring (bicyclic) bond motifs is 1. The van der Waals surface area contributed by atoms with Crippen LogP contribution >= 0.6 is 24.0 Å². The monoisotopic (exact) mass is 469 g/mol. The minimum absolute atomic E-state index is 0. The molecule has 0 amide bonds. The topological polar surface area (TPSA) is 45.7 Å². The second-order valence-corrected chi connectivity index (χ2v) is 6.13. The van der Waals surface area contributed by atoms with E-state index in [1.165, 1.54) is 11.6 Å². The molecular formula is C20H25FIN3O. The van der Waals surface area contributed by atoms with Crippen molar-refractivity contribution in [3.05, 3.63) is 65.5 Å². The molecule has 2 aromatic carbocycles. The molecular weight excluding hydrogens is 444 g/mol. The molecule has 1 unspecified atom stereocenters. The van der Waals surface area contributed by atoms with Gasteiger partial charge in [-0.05, 0) is 42.2 Å². The van der Waals surface area contributed by atoms with Gasteiger partial charge in [-0.15, -0.1) is 24.0 Å². The molecule has 26 heavy (non-hydrogen) atoms. The van der Waals surface area contributed by atoms with Crippen LogP contribution in [0.1, 0.15) is 23.5 Å². The summed E-state index contributed by atoms with van der Waals surface area (Å²) in [6, 6.07) is 14.9. The van der Waals surface area contributed by atoms with E-state index in [0.717, 1.165) is 43.3 Å². The molecule has 1 aliphatic rings. The van der Waals surface area contributed by atoms with Gasteiger partial charge in [-0.25, -0.2) is 4.39 Å². The Morgan fingerprint density at radius 1 is 1.19 bits per heavy atom. The number of hydrogen-bond donors (Lipinski definition) is 2. The molecule has 0 saturated carbocycles. The third kappa shape index (κ3) is 5.59. The number of para-hydroxylation sites is 1. The van der Waals surface area contributed by atoms with Gasteiger partial charge in [0.25, 0.3) is 0 Å². The standard InChI is InChI=1S/C20H24FN3O.HI/c1-22-20(23-11-9-15-5-4-6-17(21)13-15)24-14-16-10-12-25-19-8-3-2-7-18(16)19;/h2-8,13,16H,9-12,14H2,1H3,(H2,22,23,24);1H. The van der Waals surface area contributed by atoms with Crippen LogP contribution in [0.3, 0.4) is 0 Å². The molecule has 0 bridgehead atoms. The van der Waals surface area contributed by atoms with Gasteiger partial charge in [-0.3, -0.25) is 4.99 Å². The molecule has 0 radical (unpaired) electrons. The fourth-order valence-corrected chi connectivity index (χ4v) is 3.09. The zero-order valence-corrected chi connectivity index (χ0v) is 17.2. The largest absolute Gasteiger partial charge is 0.493 e. The Labute approximate surface area is 171 Å². The Kier molecular flexibility index (Phi) is 8.15. The van der Waals surface area contributed by atoms with E-state index < -0.39 is 0 Å². The smallest absolute Gasteiger partial charge is 0.191 e. The summed E-state index contributed by atoms with van der Waals surface area (Å²) in [6.07, 6.45) is 1.74. The lowest BCUT2D eigenvalue weighted by Crippen LogP contribution is -2.40. The van der Waals surface area contributed by atoms with Gasteiger partial charge in [-0.1, -0.05) is 30.3 Å². The number of rotatable bonds is 5. The first-order valence-electron chi connectivity index (χ1n) is 8.67. The summed E-state index contributed by atoms with van der Waals surface area (Å²) in [5.74, 6) is 1.96. The molecule has 3 rings (SSSR count). The van der Waals surface area contributed by atoms with Crippen molar-refractivity contribution in [1.82, 2.24) is 10.6 Å². The van der Waals surface area contributed by atoms with Gasteiger partial charge in [-0.2, -0.15) is 0 Å². The van der Waals surface area contributed by atoms with Crippen molar-refractivity contribution in [2.75, 3.05) is 26.7 Å². The SMILES string of the molecule is CN=C(NCCc1cccc(F)c1)NCC1CCOc2ccccc21.I. The van der Waals surface area contributed by atoms with Crippen molar-refractivity contribution in [2.24, 2.45) is 4.99 Å². The van der Waals surface area contributed by atoms with Crippen molar-refractivity contribution >= 4 is 29.9 Å². The fourth-order valence-electron chi connectivity index (χ4n) is 3.09. The maximum Gasteiger partial charge on any atom is 0.191 e. The molecule has 140 valence electrons. The summed E-state index contributed by atoms with van der Waals surface area (Å²) in [5, 5.41) is 6.67. The number of guanidine groups is 1. The molecule has 2 N–H and O–H groups in total. The second-order valence-electron chi connectivity index (χ2n) is 6.13. The zero-order valence-electron chi connectivity index (χ0n) is 14.9. The van der Waals surface area contributed by atoms with Gasteiger partial charge < -0.3 is 15.4 Å². The Bertz CT molecular complexity index is 739. The lowest BCUT2D eigenvalue weighted by Gasteiger charge is -2.26. The minimum Gasteiger partial charge on any atom is -0.493 e. The van der Waals surface area contributed by atoms with Gasteiger partial charge in [0.2, 0.25) is 0 Å². The van der Waals surface area contributed by atoms with Crippen LogP contribution in [0.25, 0.3) is 0 Å². The number of aliphatic imine (C=N–C) groups is 1. The van der Waals surface area contributed by atoms with Gasteiger partial charge in [0.05, 0.1) is 6.61 Å². The molecule has 0 saturated heterocycles. The van der Waals surface area contributed by atoms with E-state index in [0.29, 0.717) is 12.5 Å². The Morgan fingerprint density at radius 3 is 2.85 bits per heavy atom. The maximum atomic E-state index is 13.2. The zero-order chi connectivity index (χ0) is 17.5. The third-order valence-electron chi connectivity index (χ3n) is 4.42. The molecule has 0 aliphatic carbocycles. The average molecular weight is 469 g/mol. The first kappa shape index (κ1) is 20.5. The normalized spacial score (nSPS) is 16.1. The van der Waals surface area contributed by atoms with Crippen molar-refractivity contribution in [1.29, 1.82) is 0 Å². The predicted molar refractivity (Wildman–Crippen MR) is 114 cm³/mol.